The van der Waals surface area contributed by atoms with E-state index in [1.807, 2.05) is 30.3 Å². The summed E-state index contributed by atoms with van der Waals surface area (Å²) in [5.41, 5.74) is 1.04. The van der Waals surface area contributed by atoms with Crippen molar-refractivity contribution >= 4 is 5.97 Å². The van der Waals surface area contributed by atoms with E-state index in [0.29, 0.717) is 13.0 Å². The zero-order chi connectivity index (χ0) is 14.2. The Bertz CT molecular complexity index is 400. The van der Waals surface area contributed by atoms with E-state index >= 15 is 0 Å². The maximum Gasteiger partial charge on any atom is 0.306 e. The monoisotopic (exact) mass is 276 g/mol. The Hall–Kier alpha value is -1.39. The van der Waals surface area contributed by atoms with Crippen LogP contribution in [-0.2, 0) is 16.1 Å². The number of benzene rings is 1. The van der Waals surface area contributed by atoms with Crippen molar-refractivity contribution in [2.45, 2.75) is 19.4 Å². The zero-order valence-corrected chi connectivity index (χ0v) is 12.3. The minimum absolute atomic E-state index is 0.0945. The summed E-state index contributed by atoms with van der Waals surface area (Å²) in [6.45, 7) is 5.84. The predicted molar refractivity (Wildman–Crippen MR) is 79.4 cm³/mol. The molecule has 110 valence electrons. The Morgan fingerprint density at radius 2 is 1.85 bits per heavy atom. The van der Waals surface area contributed by atoms with Gasteiger partial charge in [0, 0.05) is 32.6 Å². The van der Waals surface area contributed by atoms with Crippen LogP contribution >= 0.6 is 0 Å². The number of hydrogen-bond acceptors (Lipinski definition) is 4. The maximum atomic E-state index is 11.7. The third-order valence-electron chi connectivity index (χ3n) is 3.69. The first-order valence-corrected chi connectivity index (χ1v) is 7.34. The summed E-state index contributed by atoms with van der Waals surface area (Å²) >= 11 is 0. The minimum atomic E-state index is -0.0945. The van der Waals surface area contributed by atoms with Crippen LogP contribution < -0.4 is 0 Å². The lowest BCUT2D eigenvalue weighted by atomic mass is 10.2. The molecule has 0 spiro atoms. The number of hydrogen-bond donors (Lipinski definition) is 0. The lowest BCUT2D eigenvalue weighted by molar-refractivity contribution is -0.145. The summed E-state index contributed by atoms with van der Waals surface area (Å²) in [5.74, 6) is -0.0945. The largest absolute Gasteiger partial charge is 0.461 e. The van der Waals surface area contributed by atoms with Gasteiger partial charge in [-0.05, 0) is 25.6 Å². The highest BCUT2D eigenvalue weighted by molar-refractivity contribution is 5.69. The molecule has 1 fully saturated rings. The SMILES string of the molecule is CN1CCN(CCCC(=O)OCc2ccccc2)CC1. The van der Waals surface area contributed by atoms with Gasteiger partial charge in [-0.15, -0.1) is 0 Å². The van der Waals surface area contributed by atoms with E-state index in [9.17, 15) is 4.79 Å². The van der Waals surface area contributed by atoms with Crippen LogP contribution in [0.5, 0.6) is 0 Å². The Balaban J connectivity index is 1.56. The van der Waals surface area contributed by atoms with E-state index in [0.717, 1.165) is 44.7 Å². The first-order valence-electron chi connectivity index (χ1n) is 7.34. The molecular weight excluding hydrogens is 252 g/mol. The number of esters is 1. The number of rotatable bonds is 6. The van der Waals surface area contributed by atoms with Gasteiger partial charge in [-0.25, -0.2) is 0 Å². The van der Waals surface area contributed by atoms with Crippen molar-refractivity contribution < 1.29 is 9.53 Å². The van der Waals surface area contributed by atoms with Crippen molar-refractivity contribution in [3.8, 4) is 0 Å². The van der Waals surface area contributed by atoms with Gasteiger partial charge >= 0.3 is 5.97 Å². The molecule has 0 radical (unpaired) electrons. The van der Waals surface area contributed by atoms with E-state index in [-0.39, 0.29) is 5.97 Å². The van der Waals surface area contributed by atoms with Crippen LogP contribution in [0.1, 0.15) is 18.4 Å². The van der Waals surface area contributed by atoms with Gasteiger partial charge in [-0.1, -0.05) is 30.3 Å². The Labute approximate surface area is 121 Å². The lowest BCUT2D eigenvalue weighted by Gasteiger charge is -2.32. The second-order valence-electron chi connectivity index (χ2n) is 5.39. The Morgan fingerprint density at radius 1 is 1.15 bits per heavy atom. The van der Waals surface area contributed by atoms with Crippen LogP contribution in [0.3, 0.4) is 0 Å². The molecule has 20 heavy (non-hydrogen) atoms. The standard InChI is InChI=1S/C16H24N2O2/c1-17-10-12-18(13-11-17)9-5-8-16(19)20-14-15-6-3-2-4-7-15/h2-4,6-7H,5,8-14H2,1H3. The van der Waals surface area contributed by atoms with E-state index in [1.54, 1.807) is 0 Å². The molecule has 0 amide bonds. The van der Waals surface area contributed by atoms with Crippen LogP contribution in [0.2, 0.25) is 0 Å². The summed E-state index contributed by atoms with van der Waals surface area (Å²) in [6, 6.07) is 9.81. The first-order chi connectivity index (χ1) is 9.74. The van der Waals surface area contributed by atoms with Gasteiger partial charge in [0.2, 0.25) is 0 Å². The molecular formula is C16H24N2O2. The van der Waals surface area contributed by atoms with Crippen LogP contribution in [0.25, 0.3) is 0 Å². The average molecular weight is 276 g/mol. The van der Waals surface area contributed by atoms with Crippen LogP contribution in [0.4, 0.5) is 0 Å². The molecule has 1 aromatic rings. The fraction of sp³-hybridized carbons (Fsp3) is 0.562. The van der Waals surface area contributed by atoms with Gasteiger partial charge in [-0.3, -0.25) is 4.79 Å². The lowest BCUT2D eigenvalue weighted by Crippen LogP contribution is -2.44. The fourth-order valence-corrected chi connectivity index (χ4v) is 2.33. The topological polar surface area (TPSA) is 32.8 Å². The molecule has 1 aliphatic rings. The number of likely N-dealkylation sites (N-methyl/N-ethyl adjacent to an activating group) is 1. The van der Waals surface area contributed by atoms with E-state index < -0.39 is 0 Å². The smallest absolute Gasteiger partial charge is 0.306 e. The molecule has 4 heteroatoms. The zero-order valence-electron chi connectivity index (χ0n) is 12.3. The quantitative estimate of drug-likeness (QED) is 0.741. The van der Waals surface area contributed by atoms with E-state index in [2.05, 4.69) is 16.8 Å². The van der Waals surface area contributed by atoms with Gasteiger partial charge in [0.05, 0.1) is 0 Å². The van der Waals surface area contributed by atoms with Crippen molar-refractivity contribution in [1.29, 1.82) is 0 Å². The fourth-order valence-electron chi connectivity index (χ4n) is 2.33. The van der Waals surface area contributed by atoms with Crippen molar-refractivity contribution in [3.05, 3.63) is 35.9 Å². The van der Waals surface area contributed by atoms with Gasteiger partial charge in [0.25, 0.3) is 0 Å². The number of nitrogens with zero attached hydrogens (tertiary/aromatic N) is 2. The molecule has 0 saturated carbocycles. The molecule has 1 saturated heterocycles. The van der Waals surface area contributed by atoms with Gasteiger partial charge in [0.15, 0.2) is 0 Å². The summed E-state index contributed by atoms with van der Waals surface area (Å²) in [6.07, 6.45) is 1.40. The minimum Gasteiger partial charge on any atom is -0.461 e. The van der Waals surface area contributed by atoms with Crippen molar-refractivity contribution in [2.24, 2.45) is 0 Å². The second-order valence-corrected chi connectivity index (χ2v) is 5.39. The van der Waals surface area contributed by atoms with Crippen molar-refractivity contribution in [2.75, 3.05) is 39.8 Å². The first kappa shape index (κ1) is 15.0. The highest BCUT2D eigenvalue weighted by Gasteiger charge is 2.13. The van der Waals surface area contributed by atoms with Gasteiger partial charge in [0.1, 0.15) is 6.61 Å². The van der Waals surface area contributed by atoms with Crippen LogP contribution in [0, 0.1) is 0 Å². The Morgan fingerprint density at radius 3 is 2.55 bits per heavy atom. The molecule has 1 aromatic carbocycles. The van der Waals surface area contributed by atoms with E-state index in [1.165, 1.54) is 0 Å². The predicted octanol–water partition coefficient (Wildman–Crippen LogP) is 1.76. The normalized spacial score (nSPS) is 17.1. The molecule has 0 bridgehead atoms. The molecule has 0 unspecified atom stereocenters. The van der Waals surface area contributed by atoms with Gasteiger partial charge < -0.3 is 14.5 Å². The van der Waals surface area contributed by atoms with Gasteiger partial charge in [-0.2, -0.15) is 0 Å². The molecule has 2 rings (SSSR count). The average Bonchev–Trinajstić information content (AvgIpc) is 2.48. The highest BCUT2D eigenvalue weighted by atomic mass is 16.5. The van der Waals surface area contributed by atoms with E-state index in [4.69, 9.17) is 4.74 Å². The molecule has 0 N–H and O–H groups in total. The molecule has 0 aliphatic carbocycles. The summed E-state index contributed by atoms with van der Waals surface area (Å²) < 4.78 is 5.27. The van der Waals surface area contributed by atoms with Crippen molar-refractivity contribution in [1.82, 2.24) is 9.80 Å². The maximum absolute atomic E-state index is 11.7. The third kappa shape index (κ3) is 5.31. The molecule has 0 atom stereocenters. The number of piperazine rings is 1. The summed E-state index contributed by atoms with van der Waals surface area (Å²) in [7, 11) is 2.15. The second kappa shape index (κ2) is 8.02. The number of carbonyl (C=O) groups excluding carboxylic acids is 1. The number of ether oxygens (including phenoxy) is 1. The summed E-state index contributed by atoms with van der Waals surface area (Å²) in [5, 5.41) is 0. The molecule has 1 heterocycles. The van der Waals surface area contributed by atoms with Crippen LogP contribution in [0.15, 0.2) is 30.3 Å². The third-order valence-corrected chi connectivity index (χ3v) is 3.69. The highest BCUT2D eigenvalue weighted by Crippen LogP contribution is 2.05. The molecule has 0 aromatic heterocycles. The van der Waals surface area contributed by atoms with Crippen LogP contribution in [-0.4, -0.2) is 55.5 Å². The number of carbonyl (C=O) groups is 1. The summed E-state index contributed by atoms with van der Waals surface area (Å²) in [4.78, 5) is 16.4. The van der Waals surface area contributed by atoms with Crippen molar-refractivity contribution in [3.63, 3.8) is 0 Å². The molecule has 1 aliphatic heterocycles. The Kier molecular flexibility index (Phi) is 6.02. The molecule has 4 nitrogen and oxygen atoms in total.